The zero-order valence-corrected chi connectivity index (χ0v) is 17.5. The van der Waals surface area contributed by atoms with Crippen LogP contribution in [0.5, 0.6) is 0 Å². The predicted molar refractivity (Wildman–Crippen MR) is 123 cm³/mol. The molecule has 0 atom stereocenters. The average molecular weight is 407 g/mol. The van der Waals surface area contributed by atoms with Gasteiger partial charge in [-0.3, -0.25) is 9.78 Å². The number of nitrogens with zero attached hydrogens (tertiary/aromatic N) is 3. The number of piperidine rings is 1. The Balaban J connectivity index is 0.000000552. The molecule has 4 rings (SSSR count). The Hall–Kier alpha value is -2.99. The van der Waals surface area contributed by atoms with Gasteiger partial charge in [-0.2, -0.15) is 0 Å². The van der Waals surface area contributed by atoms with Gasteiger partial charge in [0.25, 0.3) is 0 Å². The minimum atomic E-state index is 0.0248. The fourth-order valence-corrected chi connectivity index (χ4v) is 4.02. The van der Waals surface area contributed by atoms with Crippen LogP contribution >= 0.6 is 11.3 Å². The van der Waals surface area contributed by atoms with Crippen LogP contribution in [-0.2, 0) is 4.79 Å². The number of fused-ring (bicyclic) bond motifs is 1. The Kier molecular flexibility index (Phi) is 7.14. The SMILES string of the molecule is C=CC=C.Cc1cc(N2CCC(C(=O)Nc3nccc4cccnc34)CC2)cs1. The minimum absolute atomic E-state index is 0.0248. The molecular weight excluding hydrogens is 380 g/mol. The van der Waals surface area contributed by atoms with Gasteiger partial charge in [0, 0.05) is 52.7 Å². The summed E-state index contributed by atoms with van der Waals surface area (Å²) in [6.45, 7) is 10.7. The standard InChI is InChI=1S/C19H20N4OS.C4H6/c1-13-11-16(12-25-13)23-9-5-15(6-10-23)19(24)22-18-17-14(4-8-21-18)3-2-7-20-17;1-3-4-2/h2-4,7-8,11-12,15H,5-6,9-10H2,1H3,(H,21,22,24);3-4H,1-2H2. The zero-order chi connectivity index (χ0) is 20.6. The summed E-state index contributed by atoms with van der Waals surface area (Å²) < 4.78 is 0. The third-order valence-corrected chi connectivity index (χ3v) is 5.73. The molecular formula is C23H26N4OS. The van der Waals surface area contributed by atoms with Crippen molar-refractivity contribution >= 4 is 39.7 Å². The lowest BCUT2D eigenvalue weighted by molar-refractivity contribution is -0.120. The van der Waals surface area contributed by atoms with Crippen LogP contribution in [0.15, 0.2) is 67.3 Å². The fraction of sp³-hybridized carbons (Fsp3) is 0.261. The molecule has 1 aliphatic heterocycles. The van der Waals surface area contributed by atoms with Crippen molar-refractivity contribution < 1.29 is 4.79 Å². The number of aromatic nitrogens is 2. The molecule has 1 amide bonds. The molecule has 0 aromatic carbocycles. The Morgan fingerprint density at radius 1 is 1.21 bits per heavy atom. The summed E-state index contributed by atoms with van der Waals surface area (Å²) in [5, 5.41) is 6.16. The summed E-state index contributed by atoms with van der Waals surface area (Å²) in [7, 11) is 0. The first-order chi connectivity index (χ1) is 14.1. The summed E-state index contributed by atoms with van der Waals surface area (Å²) in [5.41, 5.74) is 2.02. The molecule has 29 heavy (non-hydrogen) atoms. The molecule has 0 unspecified atom stereocenters. The number of anilines is 2. The van der Waals surface area contributed by atoms with E-state index in [0.29, 0.717) is 5.82 Å². The van der Waals surface area contributed by atoms with E-state index in [2.05, 4.69) is 51.7 Å². The van der Waals surface area contributed by atoms with Gasteiger partial charge in [0.2, 0.25) is 5.91 Å². The van der Waals surface area contributed by atoms with E-state index in [-0.39, 0.29) is 11.8 Å². The monoisotopic (exact) mass is 406 g/mol. The lowest BCUT2D eigenvalue weighted by Crippen LogP contribution is -2.38. The predicted octanol–water partition coefficient (Wildman–Crippen LogP) is 5.21. The molecule has 1 saturated heterocycles. The number of allylic oxidation sites excluding steroid dienone is 2. The number of pyridine rings is 2. The number of carbonyl (C=O) groups is 1. The molecule has 5 nitrogen and oxygen atoms in total. The molecule has 0 aliphatic carbocycles. The van der Waals surface area contributed by atoms with Gasteiger partial charge in [-0.15, -0.1) is 11.3 Å². The van der Waals surface area contributed by atoms with Gasteiger partial charge >= 0.3 is 0 Å². The van der Waals surface area contributed by atoms with E-state index in [0.717, 1.165) is 36.8 Å². The molecule has 1 aliphatic rings. The molecule has 1 fully saturated rings. The number of thiophene rings is 1. The Morgan fingerprint density at radius 3 is 2.62 bits per heavy atom. The third kappa shape index (κ3) is 5.29. The number of aryl methyl sites for hydroxylation is 1. The van der Waals surface area contributed by atoms with Gasteiger partial charge in [-0.25, -0.2) is 4.98 Å². The van der Waals surface area contributed by atoms with Crippen LogP contribution in [0.1, 0.15) is 17.7 Å². The van der Waals surface area contributed by atoms with Crippen molar-refractivity contribution in [2.24, 2.45) is 5.92 Å². The summed E-state index contributed by atoms with van der Waals surface area (Å²) in [6.07, 6.45) is 8.43. The Labute approximate surface area is 175 Å². The second-order valence-electron chi connectivity index (χ2n) is 6.87. The highest BCUT2D eigenvalue weighted by molar-refractivity contribution is 7.10. The minimum Gasteiger partial charge on any atom is -0.371 e. The quantitative estimate of drug-likeness (QED) is 0.604. The van der Waals surface area contributed by atoms with Crippen molar-refractivity contribution in [3.05, 3.63) is 72.2 Å². The third-order valence-electron chi connectivity index (χ3n) is 4.88. The fourth-order valence-electron chi connectivity index (χ4n) is 3.31. The Bertz CT molecular complexity index is 978. The zero-order valence-electron chi connectivity index (χ0n) is 16.7. The van der Waals surface area contributed by atoms with Gasteiger partial charge in [0.1, 0.15) is 5.52 Å². The van der Waals surface area contributed by atoms with Gasteiger partial charge in [-0.05, 0) is 38.0 Å². The number of hydrogen-bond donors (Lipinski definition) is 1. The molecule has 150 valence electrons. The van der Waals surface area contributed by atoms with E-state index in [1.165, 1.54) is 10.6 Å². The van der Waals surface area contributed by atoms with Crippen molar-refractivity contribution in [3.63, 3.8) is 0 Å². The number of hydrogen-bond acceptors (Lipinski definition) is 5. The van der Waals surface area contributed by atoms with E-state index >= 15 is 0 Å². The maximum absolute atomic E-state index is 12.7. The first kappa shape index (κ1) is 20.7. The molecule has 0 radical (unpaired) electrons. The van der Waals surface area contributed by atoms with Crippen LogP contribution < -0.4 is 10.2 Å². The van der Waals surface area contributed by atoms with Gasteiger partial charge in [-0.1, -0.05) is 31.4 Å². The summed E-state index contributed by atoms with van der Waals surface area (Å²) in [6, 6.07) is 7.98. The first-order valence-corrected chi connectivity index (χ1v) is 10.5. The summed E-state index contributed by atoms with van der Waals surface area (Å²) in [5.74, 6) is 0.627. The summed E-state index contributed by atoms with van der Waals surface area (Å²) in [4.78, 5) is 25.0. The van der Waals surface area contributed by atoms with E-state index in [4.69, 9.17) is 0 Å². The number of carbonyl (C=O) groups excluding carboxylic acids is 1. The maximum atomic E-state index is 12.7. The topological polar surface area (TPSA) is 58.1 Å². The molecule has 1 N–H and O–H groups in total. The number of rotatable bonds is 4. The number of nitrogens with one attached hydrogen (secondary N) is 1. The molecule has 4 heterocycles. The molecule has 3 aromatic rings. The van der Waals surface area contributed by atoms with E-state index in [9.17, 15) is 4.79 Å². The second-order valence-corrected chi connectivity index (χ2v) is 7.99. The van der Waals surface area contributed by atoms with Crippen LogP contribution in [-0.4, -0.2) is 29.0 Å². The molecule has 0 spiro atoms. The summed E-state index contributed by atoms with van der Waals surface area (Å²) >= 11 is 1.77. The smallest absolute Gasteiger partial charge is 0.228 e. The lowest BCUT2D eigenvalue weighted by Gasteiger charge is -2.32. The highest BCUT2D eigenvalue weighted by Crippen LogP contribution is 2.28. The normalized spacial score (nSPS) is 14.0. The van der Waals surface area contributed by atoms with Crippen molar-refractivity contribution in [3.8, 4) is 0 Å². The second kappa shape index (κ2) is 9.98. The van der Waals surface area contributed by atoms with Crippen molar-refractivity contribution in [1.82, 2.24) is 9.97 Å². The van der Waals surface area contributed by atoms with Gasteiger partial charge in [0.05, 0.1) is 0 Å². The van der Waals surface area contributed by atoms with Crippen LogP contribution in [0, 0.1) is 12.8 Å². The van der Waals surface area contributed by atoms with Gasteiger partial charge < -0.3 is 10.2 Å². The van der Waals surface area contributed by atoms with Crippen molar-refractivity contribution in [2.45, 2.75) is 19.8 Å². The molecule has 0 saturated carbocycles. The van der Waals surface area contributed by atoms with Crippen LogP contribution in [0.25, 0.3) is 10.9 Å². The van der Waals surface area contributed by atoms with E-state index in [1.54, 1.807) is 35.9 Å². The molecule has 0 bridgehead atoms. The molecule has 6 heteroatoms. The largest absolute Gasteiger partial charge is 0.371 e. The van der Waals surface area contributed by atoms with E-state index in [1.807, 2.05) is 18.2 Å². The highest BCUT2D eigenvalue weighted by atomic mass is 32.1. The van der Waals surface area contributed by atoms with Crippen LogP contribution in [0.2, 0.25) is 0 Å². The average Bonchev–Trinajstić information content (AvgIpc) is 3.20. The highest BCUT2D eigenvalue weighted by Gasteiger charge is 2.26. The van der Waals surface area contributed by atoms with Crippen LogP contribution in [0.4, 0.5) is 11.5 Å². The van der Waals surface area contributed by atoms with Crippen LogP contribution in [0.3, 0.4) is 0 Å². The van der Waals surface area contributed by atoms with Gasteiger partial charge in [0.15, 0.2) is 5.82 Å². The molecule has 3 aromatic heterocycles. The lowest BCUT2D eigenvalue weighted by atomic mass is 9.95. The maximum Gasteiger partial charge on any atom is 0.228 e. The number of amides is 1. The first-order valence-electron chi connectivity index (χ1n) is 9.66. The van der Waals surface area contributed by atoms with E-state index < -0.39 is 0 Å². The Morgan fingerprint density at radius 2 is 1.97 bits per heavy atom. The van der Waals surface area contributed by atoms with Crippen molar-refractivity contribution in [2.75, 3.05) is 23.3 Å². The van der Waals surface area contributed by atoms with Crippen molar-refractivity contribution in [1.29, 1.82) is 0 Å².